The van der Waals surface area contributed by atoms with Crippen molar-refractivity contribution in [1.82, 2.24) is 9.80 Å². The van der Waals surface area contributed by atoms with Crippen LogP contribution in [-0.4, -0.2) is 70.7 Å². The largest absolute Gasteiger partial charge is 0.504 e. The van der Waals surface area contributed by atoms with E-state index in [1.54, 1.807) is 6.07 Å². The van der Waals surface area contributed by atoms with E-state index in [4.69, 9.17) is 9.47 Å². The Morgan fingerprint density at radius 3 is 2.53 bits per heavy atom. The first-order valence-corrected chi connectivity index (χ1v) is 15.2. The van der Waals surface area contributed by atoms with Gasteiger partial charge in [0.15, 0.2) is 11.5 Å². The summed E-state index contributed by atoms with van der Waals surface area (Å²) in [4.78, 5) is 30.9. The van der Waals surface area contributed by atoms with Crippen LogP contribution in [0.15, 0.2) is 36.4 Å². The third-order valence-corrected chi connectivity index (χ3v) is 10.2. The molecule has 5 atom stereocenters. The van der Waals surface area contributed by atoms with Crippen molar-refractivity contribution in [3.63, 3.8) is 0 Å². The third kappa shape index (κ3) is 4.59. The Bertz CT molecular complexity index is 1430. The number of carbonyl (C=O) groups excluding carboxylic acids is 2. The average molecular weight is 601 g/mol. The molecule has 1 saturated carbocycles. The second-order valence-electron chi connectivity index (χ2n) is 13.1. The van der Waals surface area contributed by atoms with Crippen molar-refractivity contribution in [1.29, 1.82) is 0 Å². The summed E-state index contributed by atoms with van der Waals surface area (Å²) in [5.41, 5.74) is 0.321. The maximum absolute atomic E-state index is 14.0. The number of carbonyl (C=O) groups is 2. The van der Waals surface area contributed by atoms with Crippen LogP contribution in [0.3, 0.4) is 0 Å². The van der Waals surface area contributed by atoms with Gasteiger partial charge < -0.3 is 19.5 Å². The minimum atomic E-state index is -4.41. The first kappa shape index (κ1) is 29.8. The zero-order valence-corrected chi connectivity index (χ0v) is 25.0. The lowest BCUT2D eigenvalue weighted by Crippen LogP contribution is -2.79. The number of hydrogen-bond acceptors (Lipinski definition) is 6. The highest BCUT2D eigenvalue weighted by Gasteiger charge is 2.75. The van der Waals surface area contributed by atoms with Crippen LogP contribution >= 0.6 is 0 Å². The van der Waals surface area contributed by atoms with Gasteiger partial charge >= 0.3 is 12.1 Å². The fraction of sp³-hybridized carbons (Fsp3) is 0.576. The van der Waals surface area contributed by atoms with E-state index >= 15 is 0 Å². The van der Waals surface area contributed by atoms with E-state index in [1.807, 2.05) is 24.8 Å². The van der Waals surface area contributed by atoms with Crippen molar-refractivity contribution < 1.29 is 37.3 Å². The maximum atomic E-state index is 14.0. The van der Waals surface area contributed by atoms with Gasteiger partial charge in [0.1, 0.15) is 11.7 Å². The summed E-state index contributed by atoms with van der Waals surface area (Å²) in [5, 5.41) is 11.0. The quantitative estimate of drug-likeness (QED) is 0.438. The van der Waals surface area contributed by atoms with Gasteiger partial charge in [0, 0.05) is 25.5 Å². The maximum Gasteiger partial charge on any atom is 0.416 e. The minimum absolute atomic E-state index is 0.0411. The molecule has 1 N–H and O–H groups in total. The number of piperidine rings is 1. The van der Waals surface area contributed by atoms with E-state index in [0.29, 0.717) is 50.0 Å². The lowest BCUT2D eigenvalue weighted by molar-refractivity contribution is -0.222. The SMILES string of the molecule is CC(=O)O[C@@]12CCC(N(CC(C)C)C(=O)CCc3ccc(C(F)(F)F)cc3)C3Oc4c(O)ccc5c4[C@@]31CCN(C)[C@@H]2C5. The van der Waals surface area contributed by atoms with E-state index < -0.39 is 28.9 Å². The molecule has 6 rings (SSSR count). The van der Waals surface area contributed by atoms with Gasteiger partial charge in [-0.2, -0.15) is 13.2 Å². The van der Waals surface area contributed by atoms with Crippen molar-refractivity contribution >= 4 is 11.9 Å². The molecule has 2 aliphatic carbocycles. The predicted octanol–water partition coefficient (Wildman–Crippen LogP) is 5.25. The number of phenols is 1. The van der Waals surface area contributed by atoms with Crippen LogP contribution in [-0.2, 0) is 38.8 Å². The second kappa shape index (κ2) is 10.4. The first-order valence-electron chi connectivity index (χ1n) is 15.2. The van der Waals surface area contributed by atoms with Gasteiger partial charge in [-0.25, -0.2) is 0 Å². The zero-order valence-electron chi connectivity index (χ0n) is 25.0. The van der Waals surface area contributed by atoms with Crippen LogP contribution in [0.2, 0.25) is 0 Å². The Labute approximate surface area is 249 Å². The molecule has 232 valence electrons. The van der Waals surface area contributed by atoms with Crippen molar-refractivity contribution in [3.05, 3.63) is 58.7 Å². The molecule has 1 saturated heterocycles. The molecule has 43 heavy (non-hydrogen) atoms. The monoisotopic (exact) mass is 600 g/mol. The van der Waals surface area contributed by atoms with Gasteiger partial charge in [-0.15, -0.1) is 0 Å². The van der Waals surface area contributed by atoms with Crippen LogP contribution < -0.4 is 4.74 Å². The molecule has 2 unspecified atom stereocenters. The highest BCUT2D eigenvalue weighted by atomic mass is 19.4. The van der Waals surface area contributed by atoms with E-state index in [9.17, 15) is 27.9 Å². The topological polar surface area (TPSA) is 79.3 Å². The van der Waals surface area contributed by atoms with Crippen LogP contribution in [0.5, 0.6) is 11.5 Å². The molecular formula is C33H39F3N2O5. The lowest BCUT2D eigenvalue weighted by atomic mass is 9.48. The van der Waals surface area contributed by atoms with Crippen molar-refractivity contribution in [3.8, 4) is 11.5 Å². The number of likely N-dealkylation sites (N-methyl/N-ethyl adjacent to an activating group) is 1. The molecule has 2 heterocycles. The number of ether oxygens (including phenoxy) is 2. The number of hydrogen-bond donors (Lipinski definition) is 1. The van der Waals surface area contributed by atoms with Gasteiger partial charge in [0.2, 0.25) is 5.91 Å². The van der Waals surface area contributed by atoms with Gasteiger partial charge in [-0.1, -0.05) is 32.0 Å². The van der Waals surface area contributed by atoms with Crippen LogP contribution in [0.1, 0.15) is 68.7 Å². The normalized spacial score (nSPS) is 29.2. The van der Waals surface area contributed by atoms with E-state index in [1.165, 1.54) is 19.1 Å². The summed E-state index contributed by atoms with van der Waals surface area (Å²) in [7, 11) is 2.06. The molecule has 2 aromatic carbocycles. The van der Waals surface area contributed by atoms with E-state index in [2.05, 4.69) is 11.9 Å². The molecule has 0 aromatic heterocycles. The molecule has 2 aromatic rings. The minimum Gasteiger partial charge on any atom is -0.504 e. The number of amides is 1. The molecule has 7 nitrogen and oxygen atoms in total. The Morgan fingerprint density at radius 1 is 1.16 bits per heavy atom. The fourth-order valence-electron chi connectivity index (χ4n) is 8.55. The van der Waals surface area contributed by atoms with Gasteiger partial charge in [-0.3, -0.25) is 14.5 Å². The number of aryl methyl sites for hydroxylation is 1. The number of halogens is 3. The number of phenolic OH excluding ortho intramolecular Hbond substituents is 1. The van der Waals surface area contributed by atoms with Crippen LogP contribution in [0.4, 0.5) is 13.2 Å². The third-order valence-electron chi connectivity index (χ3n) is 10.2. The summed E-state index contributed by atoms with van der Waals surface area (Å²) in [6, 6.07) is 8.14. The molecule has 1 amide bonds. The fourth-order valence-corrected chi connectivity index (χ4v) is 8.55. The van der Waals surface area contributed by atoms with Gasteiger partial charge in [0.25, 0.3) is 0 Å². The molecule has 2 aliphatic heterocycles. The number of esters is 1. The summed E-state index contributed by atoms with van der Waals surface area (Å²) in [6.07, 6.45) is -2.10. The van der Waals surface area contributed by atoms with E-state index in [-0.39, 0.29) is 42.0 Å². The highest BCUT2D eigenvalue weighted by molar-refractivity contribution is 5.77. The molecule has 1 spiro atoms. The van der Waals surface area contributed by atoms with Crippen molar-refractivity contribution in [2.45, 2.75) is 94.7 Å². The number of rotatable bonds is 7. The first-order chi connectivity index (χ1) is 20.3. The Balaban J connectivity index is 1.36. The summed E-state index contributed by atoms with van der Waals surface area (Å²) >= 11 is 0. The molecule has 2 fully saturated rings. The highest BCUT2D eigenvalue weighted by Crippen LogP contribution is 2.67. The Hall–Kier alpha value is -3.27. The second-order valence-corrected chi connectivity index (χ2v) is 13.1. The van der Waals surface area contributed by atoms with Crippen molar-refractivity contribution in [2.75, 3.05) is 20.1 Å². The zero-order chi connectivity index (χ0) is 30.9. The summed E-state index contributed by atoms with van der Waals surface area (Å²) < 4.78 is 52.2. The van der Waals surface area contributed by atoms with Crippen LogP contribution in [0.25, 0.3) is 0 Å². The van der Waals surface area contributed by atoms with Crippen LogP contribution in [0, 0.1) is 5.92 Å². The lowest BCUT2D eigenvalue weighted by Gasteiger charge is -2.65. The molecular weight excluding hydrogens is 561 g/mol. The summed E-state index contributed by atoms with van der Waals surface area (Å²) in [5.74, 6) is 0.159. The Morgan fingerprint density at radius 2 is 1.88 bits per heavy atom. The van der Waals surface area contributed by atoms with Gasteiger partial charge in [0.05, 0.1) is 23.1 Å². The number of aromatic hydroxyl groups is 1. The predicted molar refractivity (Wildman–Crippen MR) is 153 cm³/mol. The van der Waals surface area contributed by atoms with Crippen molar-refractivity contribution in [2.24, 2.45) is 5.92 Å². The number of likely N-dealkylation sites (tertiary alicyclic amines) is 1. The number of alkyl halides is 3. The smallest absolute Gasteiger partial charge is 0.416 e. The summed E-state index contributed by atoms with van der Waals surface area (Å²) in [6.45, 7) is 6.75. The number of benzene rings is 2. The van der Waals surface area contributed by atoms with Gasteiger partial charge in [-0.05, 0) is 80.9 Å². The number of nitrogens with zero attached hydrogens (tertiary/aromatic N) is 2. The standard InChI is InChI=1S/C33H39F3N2O5/c1-19(2)18-38(27(41)12-7-21-5-9-23(10-6-21)33(34,35)36)24-13-14-32(43-20(3)39)26-17-22-8-11-25(40)29-28(22)31(32,30(24)42-29)15-16-37(26)4/h5-6,8-11,19,24,26,30,40H,7,12-18H2,1-4H3/t24?,26-,30?,31+,32-/m1/s1. The Kier molecular flexibility index (Phi) is 7.22. The van der Waals surface area contributed by atoms with E-state index in [0.717, 1.165) is 29.8 Å². The average Bonchev–Trinajstić information content (AvgIpc) is 3.29. The molecule has 10 heteroatoms. The molecule has 4 aliphatic rings. The molecule has 2 bridgehead atoms. The molecule has 0 radical (unpaired) electrons.